The van der Waals surface area contributed by atoms with Crippen molar-refractivity contribution < 1.29 is 0 Å². The molecule has 16 heavy (non-hydrogen) atoms. The van der Waals surface area contributed by atoms with E-state index in [2.05, 4.69) is 14.9 Å². The van der Waals surface area contributed by atoms with Crippen molar-refractivity contribution >= 4 is 17.5 Å². The van der Waals surface area contributed by atoms with E-state index in [1.54, 1.807) is 0 Å². The third-order valence-electron chi connectivity index (χ3n) is 3.34. The maximum atomic E-state index is 6.06. The Balaban J connectivity index is 1.86. The van der Waals surface area contributed by atoms with Gasteiger partial charge in [-0.1, -0.05) is 11.6 Å². The first-order chi connectivity index (χ1) is 7.83. The highest BCUT2D eigenvalue weighted by molar-refractivity contribution is 6.29. The Bertz CT molecular complexity index is 384. The second-order valence-corrected chi connectivity index (χ2v) is 5.12. The fourth-order valence-electron chi connectivity index (χ4n) is 2.25. The van der Waals surface area contributed by atoms with Crippen molar-refractivity contribution in [2.75, 3.05) is 18.0 Å². The molecular formula is C12H16ClN3. The van der Waals surface area contributed by atoms with Gasteiger partial charge in [0.25, 0.3) is 0 Å². The Hall–Kier alpha value is -0.830. The molecule has 4 heteroatoms. The molecule has 1 saturated carbocycles. The summed E-state index contributed by atoms with van der Waals surface area (Å²) in [6.45, 7) is 2.15. The van der Waals surface area contributed by atoms with Gasteiger partial charge in [0, 0.05) is 19.0 Å². The lowest BCUT2D eigenvalue weighted by molar-refractivity contribution is 0.567. The van der Waals surface area contributed by atoms with Crippen LogP contribution in [-0.2, 0) is 0 Å². The zero-order valence-corrected chi connectivity index (χ0v) is 10.1. The Morgan fingerprint density at radius 2 is 1.88 bits per heavy atom. The second-order valence-electron chi connectivity index (χ2n) is 4.74. The summed E-state index contributed by atoms with van der Waals surface area (Å²) >= 11 is 6.06. The van der Waals surface area contributed by atoms with Crippen LogP contribution >= 0.6 is 11.6 Å². The van der Waals surface area contributed by atoms with Crippen LogP contribution in [0.4, 0.5) is 5.95 Å². The quantitative estimate of drug-likeness (QED) is 0.741. The van der Waals surface area contributed by atoms with E-state index in [4.69, 9.17) is 11.6 Å². The summed E-state index contributed by atoms with van der Waals surface area (Å²) in [6, 6.07) is 1.92. The lowest BCUT2D eigenvalue weighted by Crippen LogP contribution is -2.31. The molecule has 2 aliphatic rings. The molecular weight excluding hydrogens is 222 g/mol. The molecule has 1 aliphatic carbocycles. The maximum absolute atomic E-state index is 6.06. The van der Waals surface area contributed by atoms with Crippen molar-refractivity contribution in [3.63, 3.8) is 0 Å². The van der Waals surface area contributed by atoms with E-state index in [-0.39, 0.29) is 0 Å². The van der Waals surface area contributed by atoms with Crippen molar-refractivity contribution in [1.29, 1.82) is 0 Å². The molecule has 2 heterocycles. The molecule has 0 N–H and O–H groups in total. The van der Waals surface area contributed by atoms with E-state index in [1.807, 2.05) is 6.07 Å². The second kappa shape index (κ2) is 4.21. The van der Waals surface area contributed by atoms with Gasteiger partial charge < -0.3 is 4.90 Å². The number of aromatic nitrogens is 2. The van der Waals surface area contributed by atoms with Gasteiger partial charge in [0.2, 0.25) is 5.95 Å². The molecule has 0 unspecified atom stereocenters. The first-order valence-corrected chi connectivity index (χ1v) is 6.50. The van der Waals surface area contributed by atoms with Gasteiger partial charge in [0.05, 0.1) is 5.69 Å². The third-order valence-corrected chi connectivity index (χ3v) is 3.53. The molecule has 0 spiro atoms. The molecule has 0 radical (unpaired) electrons. The van der Waals surface area contributed by atoms with Gasteiger partial charge in [0.1, 0.15) is 5.15 Å². The van der Waals surface area contributed by atoms with Crippen molar-refractivity contribution in [3.05, 3.63) is 16.9 Å². The number of nitrogens with zero attached hydrogens (tertiary/aromatic N) is 3. The highest BCUT2D eigenvalue weighted by atomic mass is 35.5. The summed E-state index contributed by atoms with van der Waals surface area (Å²) in [5.41, 5.74) is 1.14. The Kier molecular flexibility index (Phi) is 2.72. The van der Waals surface area contributed by atoms with Crippen LogP contribution in [0.2, 0.25) is 5.15 Å². The predicted octanol–water partition coefficient (Wildman–Crippen LogP) is 3.00. The van der Waals surface area contributed by atoms with Crippen molar-refractivity contribution in [1.82, 2.24) is 9.97 Å². The fourth-order valence-corrected chi connectivity index (χ4v) is 2.43. The summed E-state index contributed by atoms with van der Waals surface area (Å²) < 4.78 is 0. The summed E-state index contributed by atoms with van der Waals surface area (Å²) in [6.07, 6.45) is 6.33. The normalized spacial score (nSPS) is 21.2. The van der Waals surface area contributed by atoms with Crippen LogP contribution in [0.3, 0.4) is 0 Å². The third kappa shape index (κ3) is 2.14. The van der Waals surface area contributed by atoms with Crippen molar-refractivity contribution in [3.8, 4) is 0 Å². The molecule has 3 nitrogen and oxygen atoms in total. The smallest absolute Gasteiger partial charge is 0.226 e. The molecule has 1 saturated heterocycles. The van der Waals surface area contributed by atoms with Crippen LogP contribution in [0.25, 0.3) is 0 Å². The van der Waals surface area contributed by atoms with Crippen LogP contribution in [0.5, 0.6) is 0 Å². The van der Waals surface area contributed by atoms with Crippen molar-refractivity contribution in [2.24, 2.45) is 0 Å². The van der Waals surface area contributed by atoms with Crippen LogP contribution in [-0.4, -0.2) is 23.1 Å². The van der Waals surface area contributed by atoms with Gasteiger partial charge in [-0.25, -0.2) is 9.97 Å². The van der Waals surface area contributed by atoms with E-state index in [0.29, 0.717) is 11.1 Å². The molecule has 1 aliphatic heterocycles. The van der Waals surface area contributed by atoms with Gasteiger partial charge in [-0.3, -0.25) is 0 Å². The van der Waals surface area contributed by atoms with Crippen LogP contribution < -0.4 is 4.90 Å². The zero-order valence-electron chi connectivity index (χ0n) is 9.32. The van der Waals surface area contributed by atoms with E-state index >= 15 is 0 Å². The average Bonchev–Trinajstić information content (AvgIpc) is 3.13. The Morgan fingerprint density at radius 1 is 1.12 bits per heavy atom. The Labute approximate surface area is 101 Å². The largest absolute Gasteiger partial charge is 0.341 e. The number of halogens is 1. The van der Waals surface area contributed by atoms with E-state index in [1.165, 1.54) is 32.1 Å². The molecule has 3 rings (SSSR count). The average molecular weight is 238 g/mol. The van der Waals surface area contributed by atoms with Gasteiger partial charge in [-0.05, 0) is 38.2 Å². The molecule has 0 aromatic carbocycles. The first-order valence-electron chi connectivity index (χ1n) is 6.12. The standard InChI is InChI=1S/C12H16ClN3/c13-11-8-10(9-4-5-9)14-12(15-11)16-6-2-1-3-7-16/h8-9H,1-7H2. The molecule has 1 aromatic heterocycles. The molecule has 0 bridgehead atoms. The highest BCUT2D eigenvalue weighted by Gasteiger charge is 2.27. The SMILES string of the molecule is Clc1cc(C2CC2)nc(N2CCCCC2)n1. The number of anilines is 1. The zero-order chi connectivity index (χ0) is 11.0. The lowest BCUT2D eigenvalue weighted by atomic mass is 10.1. The summed E-state index contributed by atoms with van der Waals surface area (Å²) in [5.74, 6) is 1.48. The minimum absolute atomic E-state index is 0.595. The Morgan fingerprint density at radius 3 is 2.56 bits per heavy atom. The van der Waals surface area contributed by atoms with Crippen LogP contribution in [0.15, 0.2) is 6.07 Å². The molecule has 2 fully saturated rings. The van der Waals surface area contributed by atoms with E-state index in [9.17, 15) is 0 Å². The topological polar surface area (TPSA) is 29.0 Å². The van der Waals surface area contributed by atoms with Crippen LogP contribution in [0.1, 0.15) is 43.7 Å². The number of piperidine rings is 1. The number of rotatable bonds is 2. The molecule has 1 aromatic rings. The van der Waals surface area contributed by atoms with Gasteiger partial charge in [-0.15, -0.1) is 0 Å². The van der Waals surface area contributed by atoms with Gasteiger partial charge in [0.15, 0.2) is 0 Å². The lowest BCUT2D eigenvalue weighted by Gasteiger charge is -2.26. The van der Waals surface area contributed by atoms with Crippen molar-refractivity contribution in [2.45, 2.75) is 38.0 Å². The number of hydrogen-bond donors (Lipinski definition) is 0. The molecule has 0 amide bonds. The minimum Gasteiger partial charge on any atom is -0.341 e. The predicted molar refractivity (Wildman–Crippen MR) is 65.1 cm³/mol. The molecule has 0 atom stereocenters. The van der Waals surface area contributed by atoms with E-state index < -0.39 is 0 Å². The summed E-state index contributed by atoms with van der Waals surface area (Å²) in [5, 5.41) is 0.595. The maximum Gasteiger partial charge on any atom is 0.226 e. The highest BCUT2D eigenvalue weighted by Crippen LogP contribution is 2.40. The van der Waals surface area contributed by atoms with Gasteiger partial charge in [-0.2, -0.15) is 0 Å². The summed E-state index contributed by atoms with van der Waals surface area (Å²) in [7, 11) is 0. The fraction of sp³-hybridized carbons (Fsp3) is 0.667. The van der Waals surface area contributed by atoms with Crippen LogP contribution in [0, 0.1) is 0 Å². The monoisotopic (exact) mass is 237 g/mol. The first kappa shape index (κ1) is 10.3. The summed E-state index contributed by atoms with van der Waals surface area (Å²) in [4.78, 5) is 11.3. The number of hydrogen-bond acceptors (Lipinski definition) is 3. The van der Waals surface area contributed by atoms with E-state index in [0.717, 1.165) is 24.7 Å². The van der Waals surface area contributed by atoms with Gasteiger partial charge >= 0.3 is 0 Å². The minimum atomic E-state index is 0.595. The molecule has 86 valence electrons.